The van der Waals surface area contributed by atoms with Crippen molar-refractivity contribution in [2.24, 2.45) is 0 Å². The number of nitrogens with one attached hydrogen (secondary N) is 1. The zero-order valence-corrected chi connectivity index (χ0v) is 20.1. The average Bonchev–Trinajstić information content (AvgIpc) is 2.82. The van der Waals surface area contributed by atoms with Crippen molar-refractivity contribution in [3.8, 4) is 5.75 Å². The van der Waals surface area contributed by atoms with Gasteiger partial charge >= 0.3 is 5.63 Å². The van der Waals surface area contributed by atoms with Gasteiger partial charge in [0.15, 0.2) is 6.61 Å². The van der Waals surface area contributed by atoms with Crippen LogP contribution in [-0.2, 0) is 14.8 Å². The number of nitrogens with zero attached hydrogens (tertiary/aromatic N) is 1. The molecule has 0 saturated heterocycles. The van der Waals surface area contributed by atoms with E-state index in [0.717, 1.165) is 43.1 Å². The van der Waals surface area contributed by atoms with Gasteiger partial charge in [0.2, 0.25) is 10.0 Å². The SMILES string of the molecule is Cc1cc(=O)oc2cc(OCC(=O)Nc3ccccc3S(=O)(=O)N(C)C3CCCCC3)ccc12. The predicted octanol–water partition coefficient (Wildman–Crippen LogP) is 4.07. The van der Waals surface area contributed by atoms with E-state index in [1.807, 2.05) is 6.92 Å². The van der Waals surface area contributed by atoms with Crippen LogP contribution in [0.1, 0.15) is 37.7 Å². The van der Waals surface area contributed by atoms with Gasteiger partial charge in [0.25, 0.3) is 5.91 Å². The number of sulfonamides is 1. The lowest BCUT2D eigenvalue weighted by Crippen LogP contribution is -2.38. The van der Waals surface area contributed by atoms with Crippen molar-refractivity contribution in [2.75, 3.05) is 19.0 Å². The lowest BCUT2D eigenvalue weighted by molar-refractivity contribution is -0.118. The van der Waals surface area contributed by atoms with Crippen LogP contribution in [0.25, 0.3) is 11.0 Å². The van der Waals surface area contributed by atoms with Gasteiger partial charge in [0.1, 0.15) is 16.2 Å². The van der Waals surface area contributed by atoms with Gasteiger partial charge < -0.3 is 14.5 Å². The lowest BCUT2D eigenvalue weighted by Gasteiger charge is -2.30. The minimum absolute atomic E-state index is 0.0394. The minimum atomic E-state index is -3.78. The molecule has 0 unspecified atom stereocenters. The number of amides is 1. The zero-order valence-electron chi connectivity index (χ0n) is 19.2. The second-order valence-electron chi connectivity index (χ2n) is 8.55. The largest absolute Gasteiger partial charge is 0.484 e. The number of aryl methyl sites for hydroxylation is 1. The first-order valence-corrected chi connectivity index (χ1v) is 12.7. The number of rotatable bonds is 7. The molecule has 3 aromatic rings. The van der Waals surface area contributed by atoms with Gasteiger partial charge in [-0.1, -0.05) is 31.4 Å². The Balaban J connectivity index is 1.47. The molecule has 1 aliphatic carbocycles. The first-order chi connectivity index (χ1) is 16.3. The van der Waals surface area contributed by atoms with Gasteiger partial charge in [0, 0.05) is 30.6 Å². The Morgan fingerprint density at radius 3 is 2.62 bits per heavy atom. The molecule has 1 N–H and O–H groups in total. The number of hydrogen-bond acceptors (Lipinski definition) is 6. The van der Waals surface area contributed by atoms with Gasteiger partial charge in [0.05, 0.1) is 5.69 Å². The summed E-state index contributed by atoms with van der Waals surface area (Å²) in [7, 11) is -2.17. The van der Waals surface area contributed by atoms with Crippen molar-refractivity contribution in [1.82, 2.24) is 4.31 Å². The fraction of sp³-hybridized carbons (Fsp3) is 0.360. The number of ether oxygens (including phenoxy) is 1. The third kappa shape index (κ3) is 5.15. The maximum absolute atomic E-state index is 13.3. The Bertz CT molecular complexity index is 1360. The van der Waals surface area contributed by atoms with Crippen LogP contribution in [-0.4, -0.2) is 38.3 Å². The molecule has 1 aliphatic rings. The Morgan fingerprint density at radius 2 is 1.85 bits per heavy atom. The topological polar surface area (TPSA) is 106 Å². The molecule has 1 aromatic heterocycles. The standard InChI is InChI=1S/C25H28N2O6S/c1-17-14-25(29)33-22-15-19(12-13-20(17)22)32-16-24(28)26-21-10-6-7-11-23(21)34(30,31)27(2)18-8-4-3-5-9-18/h6-7,10-15,18H,3-5,8-9,16H2,1-2H3,(H,26,28). The van der Waals surface area contributed by atoms with Crippen LogP contribution in [0, 0.1) is 6.92 Å². The van der Waals surface area contributed by atoms with Gasteiger partial charge in [-0.05, 0) is 49.6 Å². The van der Waals surface area contributed by atoms with Gasteiger partial charge in [-0.15, -0.1) is 0 Å². The number of hydrogen-bond donors (Lipinski definition) is 1. The van der Waals surface area contributed by atoms with E-state index in [4.69, 9.17) is 9.15 Å². The monoisotopic (exact) mass is 484 g/mol. The number of benzene rings is 2. The van der Waals surface area contributed by atoms with Crippen molar-refractivity contribution in [1.29, 1.82) is 0 Å². The average molecular weight is 485 g/mol. The smallest absolute Gasteiger partial charge is 0.336 e. The van der Waals surface area contributed by atoms with E-state index < -0.39 is 21.6 Å². The fourth-order valence-electron chi connectivity index (χ4n) is 4.32. The number of carbonyl (C=O) groups excluding carboxylic acids is 1. The van der Waals surface area contributed by atoms with E-state index >= 15 is 0 Å². The molecule has 0 spiro atoms. The number of para-hydroxylation sites is 1. The predicted molar refractivity (Wildman–Crippen MR) is 130 cm³/mol. The number of anilines is 1. The van der Waals surface area contributed by atoms with Crippen LogP contribution in [0.3, 0.4) is 0 Å². The Kier molecular flexibility index (Phi) is 7.04. The normalized spacial score (nSPS) is 14.9. The summed E-state index contributed by atoms with van der Waals surface area (Å²) in [6.07, 6.45) is 4.82. The van der Waals surface area contributed by atoms with E-state index in [1.165, 1.54) is 16.4 Å². The summed E-state index contributed by atoms with van der Waals surface area (Å²) in [4.78, 5) is 24.3. The fourth-order valence-corrected chi connectivity index (χ4v) is 5.88. The maximum atomic E-state index is 13.3. The highest BCUT2D eigenvalue weighted by Crippen LogP contribution is 2.30. The Hall–Kier alpha value is -3.17. The molecule has 1 amide bonds. The van der Waals surface area contributed by atoms with Gasteiger partial charge in [-0.2, -0.15) is 4.31 Å². The quantitative estimate of drug-likeness (QED) is 0.507. The summed E-state index contributed by atoms with van der Waals surface area (Å²) in [6.45, 7) is 1.47. The summed E-state index contributed by atoms with van der Waals surface area (Å²) >= 11 is 0. The van der Waals surface area contributed by atoms with Crippen molar-refractivity contribution < 1.29 is 22.4 Å². The lowest BCUT2D eigenvalue weighted by atomic mass is 9.96. The van der Waals surface area contributed by atoms with Crippen molar-refractivity contribution in [3.63, 3.8) is 0 Å². The third-order valence-electron chi connectivity index (χ3n) is 6.20. The van der Waals surface area contributed by atoms with Crippen LogP contribution >= 0.6 is 0 Å². The number of carbonyl (C=O) groups is 1. The van der Waals surface area contributed by atoms with Crippen molar-refractivity contribution >= 4 is 32.6 Å². The van der Waals surface area contributed by atoms with Crippen LogP contribution in [0.15, 0.2) is 62.6 Å². The Morgan fingerprint density at radius 1 is 1.12 bits per heavy atom. The molecule has 1 saturated carbocycles. The summed E-state index contributed by atoms with van der Waals surface area (Å²) in [6, 6.07) is 12.7. The minimum Gasteiger partial charge on any atom is -0.484 e. The summed E-state index contributed by atoms with van der Waals surface area (Å²) < 4.78 is 38.8. The van der Waals surface area contributed by atoms with Crippen LogP contribution in [0.2, 0.25) is 0 Å². The molecule has 34 heavy (non-hydrogen) atoms. The summed E-state index contributed by atoms with van der Waals surface area (Å²) in [5.74, 6) is -0.150. The molecule has 180 valence electrons. The van der Waals surface area contributed by atoms with E-state index in [9.17, 15) is 18.0 Å². The van der Waals surface area contributed by atoms with E-state index in [-0.39, 0.29) is 23.2 Å². The molecule has 4 rings (SSSR count). The maximum Gasteiger partial charge on any atom is 0.336 e. The van der Waals surface area contributed by atoms with Gasteiger partial charge in [-0.25, -0.2) is 13.2 Å². The van der Waals surface area contributed by atoms with E-state index in [1.54, 1.807) is 43.4 Å². The van der Waals surface area contributed by atoms with Crippen LogP contribution in [0.5, 0.6) is 5.75 Å². The van der Waals surface area contributed by atoms with Crippen molar-refractivity contribution in [2.45, 2.75) is 50.0 Å². The highest BCUT2D eigenvalue weighted by atomic mass is 32.2. The molecule has 1 fully saturated rings. The first-order valence-electron chi connectivity index (χ1n) is 11.3. The van der Waals surface area contributed by atoms with Gasteiger partial charge in [-0.3, -0.25) is 4.79 Å². The highest BCUT2D eigenvalue weighted by Gasteiger charge is 2.31. The summed E-state index contributed by atoms with van der Waals surface area (Å²) in [5, 5.41) is 3.43. The molecule has 8 nitrogen and oxygen atoms in total. The second-order valence-corrected chi connectivity index (χ2v) is 10.5. The molecule has 1 heterocycles. The molecular formula is C25H28N2O6S. The van der Waals surface area contributed by atoms with Crippen LogP contribution in [0.4, 0.5) is 5.69 Å². The molecule has 0 aliphatic heterocycles. The molecule has 2 aromatic carbocycles. The second kappa shape index (κ2) is 9.99. The van der Waals surface area contributed by atoms with E-state index in [2.05, 4.69) is 5.32 Å². The number of fused-ring (bicyclic) bond motifs is 1. The Labute approximate surface area is 198 Å². The van der Waals surface area contributed by atoms with Crippen LogP contribution < -0.4 is 15.7 Å². The summed E-state index contributed by atoms with van der Waals surface area (Å²) in [5.41, 5.74) is 0.895. The van der Waals surface area contributed by atoms with Crippen molar-refractivity contribution in [3.05, 3.63) is 64.5 Å². The third-order valence-corrected chi connectivity index (χ3v) is 8.17. The first kappa shape index (κ1) is 24.0. The van der Waals surface area contributed by atoms with E-state index in [0.29, 0.717) is 11.3 Å². The molecular weight excluding hydrogens is 456 g/mol. The zero-order chi connectivity index (χ0) is 24.3. The highest BCUT2D eigenvalue weighted by molar-refractivity contribution is 7.89. The molecule has 9 heteroatoms. The molecule has 0 radical (unpaired) electrons. The molecule has 0 bridgehead atoms. The molecule has 0 atom stereocenters.